The van der Waals surface area contributed by atoms with E-state index in [1.54, 1.807) is 0 Å². The number of carbonyl (C=O) groups is 1. The molecule has 2 fully saturated rings. The maximum atomic E-state index is 11.8. The first-order chi connectivity index (χ1) is 8.44. The van der Waals surface area contributed by atoms with Crippen LogP contribution in [0.15, 0.2) is 0 Å². The van der Waals surface area contributed by atoms with Gasteiger partial charge in [-0.25, -0.2) is 4.79 Å². The smallest absolute Gasteiger partial charge is 0.407 e. The first-order valence-corrected chi connectivity index (χ1v) is 7.16. The minimum absolute atomic E-state index is 0.265. The summed E-state index contributed by atoms with van der Waals surface area (Å²) in [6, 6.07) is 0.276. The van der Waals surface area contributed by atoms with Crippen molar-refractivity contribution in [1.82, 2.24) is 10.2 Å². The van der Waals surface area contributed by atoms with Crippen molar-refractivity contribution in [2.75, 3.05) is 19.6 Å². The summed E-state index contributed by atoms with van der Waals surface area (Å²) in [6.07, 6.45) is 4.81. The third-order valence-electron chi connectivity index (χ3n) is 3.55. The van der Waals surface area contributed by atoms with E-state index in [1.807, 2.05) is 20.8 Å². The van der Waals surface area contributed by atoms with Gasteiger partial charge in [-0.2, -0.15) is 0 Å². The molecular weight excluding hydrogens is 228 g/mol. The van der Waals surface area contributed by atoms with Crippen LogP contribution in [0.5, 0.6) is 0 Å². The molecule has 1 saturated heterocycles. The molecule has 0 spiro atoms. The Balaban J connectivity index is 1.80. The normalized spacial score (nSPS) is 22.8. The lowest BCUT2D eigenvalue weighted by molar-refractivity contribution is 0.0486. The second kappa shape index (κ2) is 5.47. The molecule has 1 N–H and O–H groups in total. The van der Waals surface area contributed by atoms with E-state index >= 15 is 0 Å². The zero-order chi connectivity index (χ0) is 13.2. The van der Waals surface area contributed by atoms with Crippen LogP contribution in [0.2, 0.25) is 0 Å². The maximum absolute atomic E-state index is 11.8. The van der Waals surface area contributed by atoms with Crippen molar-refractivity contribution in [1.29, 1.82) is 0 Å². The molecule has 1 unspecified atom stereocenters. The van der Waals surface area contributed by atoms with Gasteiger partial charge in [0.15, 0.2) is 0 Å². The van der Waals surface area contributed by atoms with Crippen molar-refractivity contribution in [3.8, 4) is 0 Å². The van der Waals surface area contributed by atoms with E-state index in [0.717, 1.165) is 6.54 Å². The van der Waals surface area contributed by atoms with Crippen LogP contribution in [-0.2, 0) is 4.74 Å². The van der Waals surface area contributed by atoms with Gasteiger partial charge in [-0.3, -0.25) is 0 Å². The minimum Gasteiger partial charge on any atom is -0.444 e. The lowest BCUT2D eigenvalue weighted by atomic mass is 10.1. The molecule has 0 bridgehead atoms. The molecule has 104 valence electrons. The molecule has 0 aromatic heterocycles. The number of carbonyl (C=O) groups excluding carboxylic acids is 1. The zero-order valence-electron chi connectivity index (χ0n) is 11.9. The molecule has 4 heteroatoms. The Bertz CT molecular complexity index is 289. The van der Waals surface area contributed by atoms with Gasteiger partial charge < -0.3 is 15.0 Å². The highest BCUT2D eigenvalue weighted by molar-refractivity contribution is 5.68. The summed E-state index contributed by atoms with van der Waals surface area (Å²) in [5.74, 6) is 0.665. The van der Waals surface area contributed by atoms with Gasteiger partial charge in [-0.1, -0.05) is 0 Å². The molecule has 1 saturated carbocycles. The Labute approximate surface area is 110 Å². The van der Waals surface area contributed by atoms with E-state index in [2.05, 4.69) is 10.2 Å². The van der Waals surface area contributed by atoms with Crippen molar-refractivity contribution in [2.24, 2.45) is 5.92 Å². The minimum atomic E-state index is -0.411. The van der Waals surface area contributed by atoms with Crippen LogP contribution in [0, 0.1) is 5.92 Å². The molecule has 1 heterocycles. The summed E-state index contributed by atoms with van der Waals surface area (Å²) in [4.78, 5) is 14.3. The van der Waals surface area contributed by atoms with Crippen molar-refractivity contribution in [3.05, 3.63) is 0 Å². The van der Waals surface area contributed by atoms with Crippen LogP contribution in [0.1, 0.15) is 46.5 Å². The number of hydrogen-bond donors (Lipinski definition) is 1. The second-order valence-corrected chi connectivity index (χ2v) is 6.60. The van der Waals surface area contributed by atoms with Crippen molar-refractivity contribution >= 4 is 6.09 Å². The van der Waals surface area contributed by atoms with Crippen LogP contribution >= 0.6 is 0 Å². The molecule has 1 atom stereocenters. The molecule has 1 amide bonds. The van der Waals surface area contributed by atoms with Gasteiger partial charge in [-0.15, -0.1) is 0 Å². The third-order valence-corrected chi connectivity index (χ3v) is 3.55. The summed E-state index contributed by atoms with van der Waals surface area (Å²) in [5.41, 5.74) is -0.411. The fraction of sp³-hybridized carbons (Fsp3) is 0.929. The monoisotopic (exact) mass is 254 g/mol. The van der Waals surface area contributed by atoms with E-state index in [9.17, 15) is 4.79 Å². The summed E-state index contributed by atoms with van der Waals surface area (Å²) in [6.45, 7) is 9.06. The van der Waals surface area contributed by atoms with Crippen molar-refractivity contribution in [3.63, 3.8) is 0 Å². The third kappa shape index (κ3) is 4.48. The topological polar surface area (TPSA) is 41.6 Å². The highest BCUT2D eigenvalue weighted by atomic mass is 16.6. The van der Waals surface area contributed by atoms with Gasteiger partial charge in [0.2, 0.25) is 0 Å². The number of hydrogen-bond acceptors (Lipinski definition) is 3. The number of ether oxygens (including phenoxy) is 1. The molecule has 4 nitrogen and oxygen atoms in total. The number of amides is 1. The van der Waals surface area contributed by atoms with Gasteiger partial charge >= 0.3 is 6.09 Å². The molecule has 0 aromatic carbocycles. The average Bonchev–Trinajstić information content (AvgIpc) is 2.95. The number of nitrogens with one attached hydrogen (secondary N) is 1. The molecule has 1 aliphatic heterocycles. The van der Waals surface area contributed by atoms with Crippen LogP contribution in [0.3, 0.4) is 0 Å². The zero-order valence-corrected chi connectivity index (χ0v) is 11.9. The van der Waals surface area contributed by atoms with E-state index in [0.29, 0.717) is 5.92 Å². The van der Waals surface area contributed by atoms with Crippen molar-refractivity contribution in [2.45, 2.75) is 58.1 Å². The molecule has 1 aliphatic carbocycles. The van der Waals surface area contributed by atoms with Gasteiger partial charge in [0.05, 0.1) is 0 Å². The standard InChI is InChI=1S/C14H26N2O2/c1-14(2,3)18-13(17)15-12(11-6-7-11)10-16-8-4-5-9-16/h11-12H,4-10H2,1-3H3,(H,15,17). The lowest BCUT2D eigenvalue weighted by Crippen LogP contribution is -2.46. The number of alkyl carbamates (subject to hydrolysis) is 1. The number of likely N-dealkylation sites (tertiary alicyclic amines) is 1. The van der Waals surface area contributed by atoms with E-state index in [4.69, 9.17) is 4.74 Å². The van der Waals surface area contributed by atoms with Crippen LogP contribution in [0.25, 0.3) is 0 Å². The summed E-state index contributed by atoms with van der Waals surface area (Å²) >= 11 is 0. The summed E-state index contributed by atoms with van der Waals surface area (Å²) in [7, 11) is 0. The van der Waals surface area contributed by atoms with E-state index < -0.39 is 5.60 Å². The Morgan fingerprint density at radius 3 is 2.44 bits per heavy atom. The molecule has 2 rings (SSSR count). The fourth-order valence-electron chi connectivity index (χ4n) is 2.51. The van der Waals surface area contributed by atoms with Crippen LogP contribution in [0.4, 0.5) is 4.79 Å². The van der Waals surface area contributed by atoms with Gasteiger partial charge in [-0.05, 0) is 65.5 Å². The van der Waals surface area contributed by atoms with Crippen LogP contribution in [-0.4, -0.2) is 42.3 Å². The average molecular weight is 254 g/mol. The Morgan fingerprint density at radius 1 is 1.33 bits per heavy atom. The molecular formula is C14H26N2O2. The molecule has 2 aliphatic rings. The summed E-state index contributed by atoms with van der Waals surface area (Å²) < 4.78 is 5.34. The largest absolute Gasteiger partial charge is 0.444 e. The van der Waals surface area contributed by atoms with Gasteiger partial charge in [0, 0.05) is 12.6 Å². The van der Waals surface area contributed by atoms with Crippen molar-refractivity contribution < 1.29 is 9.53 Å². The Kier molecular flexibility index (Phi) is 4.15. The fourth-order valence-corrected chi connectivity index (χ4v) is 2.51. The first kappa shape index (κ1) is 13.7. The highest BCUT2D eigenvalue weighted by Crippen LogP contribution is 2.33. The molecule has 0 radical (unpaired) electrons. The predicted octanol–water partition coefficient (Wildman–Crippen LogP) is 2.39. The quantitative estimate of drug-likeness (QED) is 0.837. The van der Waals surface area contributed by atoms with Crippen LogP contribution < -0.4 is 5.32 Å². The predicted molar refractivity (Wildman–Crippen MR) is 71.6 cm³/mol. The number of rotatable bonds is 4. The Hall–Kier alpha value is -0.770. The lowest BCUT2D eigenvalue weighted by Gasteiger charge is -2.26. The van der Waals surface area contributed by atoms with E-state index in [1.165, 1.54) is 38.8 Å². The molecule has 18 heavy (non-hydrogen) atoms. The van der Waals surface area contributed by atoms with Gasteiger partial charge in [0.25, 0.3) is 0 Å². The second-order valence-electron chi connectivity index (χ2n) is 6.60. The van der Waals surface area contributed by atoms with E-state index in [-0.39, 0.29) is 12.1 Å². The van der Waals surface area contributed by atoms with Gasteiger partial charge in [0.1, 0.15) is 5.60 Å². The number of nitrogens with zero attached hydrogens (tertiary/aromatic N) is 1. The maximum Gasteiger partial charge on any atom is 0.407 e. The molecule has 0 aromatic rings. The first-order valence-electron chi connectivity index (χ1n) is 7.16. The SMILES string of the molecule is CC(C)(C)OC(=O)NC(CN1CCCC1)C1CC1. The highest BCUT2D eigenvalue weighted by Gasteiger charge is 2.34. The Morgan fingerprint density at radius 2 is 1.94 bits per heavy atom. The summed E-state index contributed by atoms with van der Waals surface area (Å²) in [5, 5.41) is 3.06.